The monoisotopic (exact) mass is 301 g/mol. The molecule has 4 nitrogen and oxygen atoms in total. The molecule has 1 aromatic carbocycles. The lowest BCUT2D eigenvalue weighted by Crippen LogP contribution is -2.43. The van der Waals surface area contributed by atoms with E-state index in [0.29, 0.717) is 13.0 Å². The van der Waals surface area contributed by atoms with Crippen LogP contribution in [-0.4, -0.2) is 34.5 Å². The fourth-order valence-electron chi connectivity index (χ4n) is 2.40. The molecule has 1 aromatic rings. The molecule has 0 radical (unpaired) electrons. The minimum atomic E-state index is -0.999. The van der Waals surface area contributed by atoms with Gasteiger partial charge in [-0.1, -0.05) is 36.2 Å². The third-order valence-electron chi connectivity index (χ3n) is 3.39. The average Bonchev–Trinajstić information content (AvgIpc) is 2.70. The number of carboxylic acid groups (broad SMARTS) is 1. The molecule has 0 saturated carbocycles. The summed E-state index contributed by atoms with van der Waals surface area (Å²) >= 11 is 12.0. The Morgan fingerprint density at radius 2 is 1.89 bits per heavy atom. The minimum Gasteiger partial charge on any atom is -0.480 e. The van der Waals surface area contributed by atoms with Crippen LogP contribution in [0.15, 0.2) is 18.2 Å². The summed E-state index contributed by atoms with van der Waals surface area (Å²) in [6, 6.07) is 3.95. The summed E-state index contributed by atoms with van der Waals surface area (Å²) in [5.74, 6) is -1.50. The lowest BCUT2D eigenvalue weighted by atomic mass is 10.0. The number of rotatable bonds is 2. The van der Waals surface area contributed by atoms with E-state index >= 15 is 0 Å². The van der Waals surface area contributed by atoms with Crippen LogP contribution < -0.4 is 0 Å². The van der Waals surface area contributed by atoms with E-state index in [1.165, 1.54) is 4.90 Å². The molecule has 1 aliphatic rings. The second-order valence-corrected chi connectivity index (χ2v) is 5.46. The molecule has 2 atom stereocenters. The third-order valence-corrected chi connectivity index (χ3v) is 4.02. The van der Waals surface area contributed by atoms with Gasteiger partial charge in [-0.2, -0.15) is 0 Å². The minimum absolute atomic E-state index is 0.0808. The highest BCUT2D eigenvalue weighted by Gasteiger charge is 2.40. The summed E-state index contributed by atoms with van der Waals surface area (Å²) in [5.41, 5.74) is 0.172. The Morgan fingerprint density at radius 1 is 1.32 bits per heavy atom. The van der Waals surface area contributed by atoms with Crippen LogP contribution in [-0.2, 0) is 4.79 Å². The van der Waals surface area contributed by atoms with Gasteiger partial charge in [-0.25, -0.2) is 4.79 Å². The van der Waals surface area contributed by atoms with Crippen LogP contribution in [0.4, 0.5) is 0 Å². The topological polar surface area (TPSA) is 57.6 Å². The molecular weight excluding hydrogens is 289 g/mol. The van der Waals surface area contributed by atoms with Crippen molar-refractivity contribution in [1.82, 2.24) is 4.90 Å². The number of nitrogens with zero attached hydrogens (tertiary/aromatic N) is 1. The van der Waals surface area contributed by atoms with Crippen LogP contribution in [0.3, 0.4) is 0 Å². The van der Waals surface area contributed by atoms with Crippen molar-refractivity contribution < 1.29 is 14.7 Å². The van der Waals surface area contributed by atoms with E-state index in [0.717, 1.165) is 0 Å². The molecule has 19 heavy (non-hydrogen) atoms. The third kappa shape index (κ3) is 2.55. The van der Waals surface area contributed by atoms with Crippen molar-refractivity contribution in [3.63, 3.8) is 0 Å². The largest absolute Gasteiger partial charge is 0.480 e. The molecule has 2 rings (SSSR count). The highest BCUT2D eigenvalue weighted by atomic mass is 35.5. The number of hydrogen-bond donors (Lipinski definition) is 1. The molecule has 1 heterocycles. The maximum Gasteiger partial charge on any atom is 0.326 e. The number of likely N-dealkylation sites (tertiary alicyclic amines) is 1. The van der Waals surface area contributed by atoms with Crippen molar-refractivity contribution in [2.75, 3.05) is 6.54 Å². The number of halogens is 2. The first-order chi connectivity index (χ1) is 8.93. The SMILES string of the molecule is CC1CCN(C(=O)c2c(Cl)cccc2Cl)C1C(=O)O. The van der Waals surface area contributed by atoms with E-state index < -0.39 is 17.9 Å². The lowest BCUT2D eigenvalue weighted by molar-refractivity contribution is -0.142. The van der Waals surface area contributed by atoms with E-state index in [9.17, 15) is 14.7 Å². The Kier molecular flexibility index (Phi) is 4.02. The molecule has 0 aromatic heterocycles. The van der Waals surface area contributed by atoms with Crippen molar-refractivity contribution in [1.29, 1.82) is 0 Å². The maximum absolute atomic E-state index is 12.4. The zero-order valence-electron chi connectivity index (χ0n) is 10.3. The zero-order chi connectivity index (χ0) is 14.2. The number of hydrogen-bond acceptors (Lipinski definition) is 2. The molecule has 0 bridgehead atoms. The summed E-state index contributed by atoms with van der Waals surface area (Å²) in [4.78, 5) is 25.0. The van der Waals surface area contributed by atoms with Gasteiger partial charge in [0.15, 0.2) is 0 Å². The zero-order valence-corrected chi connectivity index (χ0v) is 11.8. The molecule has 1 fully saturated rings. The van der Waals surface area contributed by atoms with Gasteiger partial charge < -0.3 is 10.0 Å². The Balaban J connectivity index is 2.37. The Hall–Kier alpha value is -1.26. The van der Waals surface area contributed by atoms with E-state index in [-0.39, 0.29) is 21.5 Å². The smallest absolute Gasteiger partial charge is 0.326 e. The van der Waals surface area contributed by atoms with Gasteiger partial charge in [0.1, 0.15) is 6.04 Å². The molecule has 1 saturated heterocycles. The quantitative estimate of drug-likeness (QED) is 0.914. The van der Waals surface area contributed by atoms with Crippen LogP contribution in [0.2, 0.25) is 10.0 Å². The second kappa shape index (κ2) is 5.39. The summed E-state index contributed by atoms with van der Waals surface area (Å²) in [6.45, 7) is 2.22. The van der Waals surface area contributed by atoms with Gasteiger partial charge >= 0.3 is 5.97 Å². The second-order valence-electron chi connectivity index (χ2n) is 4.64. The van der Waals surface area contributed by atoms with Gasteiger partial charge in [0.05, 0.1) is 15.6 Å². The summed E-state index contributed by atoms with van der Waals surface area (Å²) in [5, 5.41) is 9.70. The molecule has 2 unspecified atom stereocenters. The standard InChI is InChI=1S/C13H13Cl2NO3/c1-7-5-6-16(11(7)13(18)19)12(17)10-8(14)3-2-4-9(10)15/h2-4,7,11H,5-6H2,1H3,(H,18,19). The summed E-state index contributed by atoms with van der Waals surface area (Å²) in [7, 11) is 0. The van der Waals surface area contributed by atoms with Gasteiger partial charge in [-0.3, -0.25) is 4.79 Å². The van der Waals surface area contributed by atoms with Gasteiger partial charge in [0, 0.05) is 6.54 Å². The van der Waals surface area contributed by atoms with Gasteiger partial charge in [0.25, 0.3) is 5.91 Å². The van der Waals surface area contributed by atoms with E-state index in [4.69, 9.17) is 23.2 Å². The number of aliphatic carboxylic acids is 1. The van der Waals surface area contributed by atoms with E-state index in [1.54, 1.807) is 18.2 Å². The lowest BCUT2D eigenvalue weighted by Gasteiger charge is -2.24. The number of carboxylic acids is 1. The number of carbonyl (C=O) groups excluding carboxylic acids is 1. The molecular formula is C13H13Cl2NO3. The van der Waals surface area contributed by atoms with Crippen LogP contribution in [0.25, 0.3) is 0 Å². The highest BCUT2D eigenvalue weighted by molar-refractivity contribution is 6.39. The predicted octanol–water partition coefficient (Wildman–Crippen LogP) is 2.93. The molecule has 1 aliphatic heterocycles. The average molecular weight is 302 g/mol. The van der Waals surface area contributed by atoms with Crippen molar-refractivity contribution >= 4 is 35.1 Å². The molecule has 1 amide bonds. The highest BCUT2D eigenvalue weighted by Crippen LogP contribution is 2.31. The fourth-order valence-corrected chi connectivity index (χ4v) is 2.96. The van der Waals surface area contributed by atoms with Crippen molar-refractivity contribution in [2.24, 2.45) is 5.92 Å². The van der Waals surface area contributed by atoms with Crippen LogP contribution in [0.1, 0.15) is 23.7 Å². The first kappa shape index (κ1) is 14.2. The van der Waals surface area contributed by atoms with Crippen LogP contribution >= 0.6 is 23.2 Å². The maximum atomic E-state index is 12.4. The van der Waals surface area contributed by atoms with Crippen LogP contribution in [0, 0.1) is 5.92 Å². The number of benzene rings is 1. The Morgan fingerprint density at radius 3 is 2.42 bits per heavy atom. The number of amides is 1. The van der Waals surface area contributed by atoms with Crippen LogP contribution in [0.5, 0.6) is 0 Å². The predicted molar refractivity (Wildman–Crippen MR) is 72.7 cm³/mol. The molecule has 0 aliphatic carbocycles. The first-order valence-corrected chi connectivity index (χ1v) is 6.67. The number of carbonyl (C=O) groups is 2. The molecule has 102 valence electrons. The molecule has 6 heteroatoms. The van der Waals surface area contributed by atoms with Crippen molar-refractivity contribution in [3.8, 4) is 0 Å². The van der Waals surface area contributed by atoms with Gasteiger partial charge in [0.2, 0.25) is 0 Å². The normalized spacial score (nSPS) is 22.6. The first-order valence-electron chi connectivity index (χ1n) is 5.91. The molecule has 0 spiro atoms. The summed E-state index contributed by atoms with van der Waals surface area (Å²) < 4.78 is 0. The van der Waals surface area contributed by atoms with Crippen molar-refractivity contribution in [3.05, 3.63) is 33.8 Å². The van der Waals surface area contributed by atoms with E-state index in [2.05, 4.69) is 0 Å². The molecule has 1 N–H and O–H groups in total. The van der Waals surface area contributed by atoms with Gasteiger partial charge in [-0.15, -0.1) is 0 Å². The summed E-state index contributed by atoms with van der Waals surface area (Å²) in [6.07, 6.45) is 0.658. The Labute approximate surface area is 120 Å². The van der Waals surface area contributed by atoms with Crippen molar-refractivity contribution in [2.45, 2.75) is 19.4 Å². The van der Waals surface area contributed by atoms with E-state index in [1.807, 2.05) is 6.92 Å². The fraction of sp³-hybridized carbons (Fsp3) is 0.385. The Bertz CT molecular complexity index is 512. The van der Waals surface area contributed by atoms with Gasteiger partial charge in [-0.05, 0) is 24.5 Å².